The average molecular weight is 237 g/mol. The largest absolute Gasteiger partial charge is 0.480 e. The first-order valence-electron chi connectivity index (χ1n) is 4.73. The maximum Gasteiger partial charge on any atom is 0.320 e. The Bertz CT molecular complexity index is 478. The zero-order valence-corrected chi connectivity index (χ0v) is 9.20. The number of carboxylic acid groups (broad SMARTS) is 1. The molecule has 0 saturated heterocycles. The Hall–Kier alpha value is -1.66. The van der Waals surface area contributed by atoms with Crippen LogP contribution in [-0.2, 0) is 11.2 Å². The van der Waals surface area contributed by atoms with Gasteiger partial charge in [-0.05, 0) is 12.1 Å². The summed E-state index contributed by atoms with van der Waals surface area (Å²) in [6.45, 7) is 0. The van der Waals surface area contributed by atoms with Crippen LogP contribution in [-0.4, -0.2) is 27.1 Å². The number of thiazole rings is 1. The minimum absolute atomic E-state index is 0.256. The molecular weight excluding hydrogens is 226 g/mol. The van der Waals surface area contributed by atoms with Gasteiger partial charge in [0.05, 0.1) is 11.4 Å². The van der Waals surface area contributed by atoms with E-state index in [1.165, 1.54) is 11.3 Å². The number of aromatic nitrogens is 2. The Balaban J connectivity index is 2.11. The highest BCUT2D eigenvalue weighted by Crippen LogP contribution is 2.22. The van der Waals surface area contributed by atoms with E-state index in [0.29, 0.717) is 5.69 Å². The Morgan fingerprint density at radius 3 is 3.12 bits per heavy atom. The minimum Gasteiger partial charge on any atom is -0.480 e. The maximum atomic E-state index is 10.6. The summed E-state index contributed by atoms with van der Waals surface area (Å²) < 4.78 is 0. The third-order valence-corrected chi connectivity index (χ3v) is 3.05. The standard InChI is InChI=1S/C10H11N3O2S/c11-7(10(14)15)4-6-5-16-9(13-6)8-2-1-3-12-8/h1-3,5,7,12H,4,11H2,(H,14,15). The molecule has 0 radical (unpaired) electrons. The second-order valence-corrected chi connectivity index (χ2v) is 4.23. The Kier molecular flexibility index (Phi) is 3.02. The van der Waals surface area contributed by atoms with E-state index < -0.39 is 12.0 Å². The van der Waals surface area contributed by atoms with Gasteiger partial charge in [-0.25, -0.2) is 4.98 Å². The van der Waals surface area contributed by atoms with E-state index in [4.69, 9.17) is 10.8 Å². The molecule has 1 unspecified atom stereocenters. The molecule has 2 heterocycles. The van der Waals surface area contributed by atoms with Gasteiger partial charge in [0.1, 0.15) is 11.0 Å². The van der Waals surface area contributed by atoms with Gasteiger partial charge in [-0.3, -0.25) is 4.79 Å². The quantitative estimate of drug-likeness (QED) is 0.742. The fraction of sp³-hybridized carbons (Fsp3) is 0.200. The van der Waals surface area contributed by atoms with Crippen molar-refractivity contribution in [1.29, 1.82) is 0 Å². The summed E-state index contributed by atoms with van der Waals surface area (Å²) in [5, 5.41) is 11.4. The van der Waals surface area contributed by atoms with Crippen LogP contribution < -0.4 is 5.73 Å². The van der Waals surface area contributed by atoms with Crippen molar-refractivity contribution in [3.63, 3.8) is 0 Å². The summed E-state index contributed by atoms with van der Waals surface area (Å²) >= 11 is 1.47. The zero-order chi connectivity index (χ0) is 11.5. The first-order valence-corrected chi connectivity index (χ1v) is 5.61. The fourth-order valence-corrected chi connectivity index (χ4v) is 2.12. The Labute approximate surface area is 95.9 Å². The number of hydrogen-bond donors (Lipinski definition) is 3. The van der Waals surface area contributed by atoms with Crippen molar-refractivity contribution in [2.24, 2.45) is 5.73 Å². The molecule has 0 bridgehead atoms. The van der Waals surface area contributed by atoms with Gasteiger partial charge in [0, 0.05) is 18.0 Å². The second kappa shape index (κ2) is 4.46. The number of rotatable bonds is 4. The van der Waals surface area contributed by atoms with Crippen molar-refractivity contribution < 1.29 is 9.90 Å². The first kappa shape index (κ1) is 10.8. The number of nitrogens with one attached hydrogen (secondary N) is 1. The highest BCUT2D eigenvalue weighted by molar-refractivity contribution is 7.13. The van der Waals surface area contributed by atoms with E-state index in [9.17, 15) is 4.79 Å². The lowest BCUT2D eigenvalue weighted by Crippen LogP contribution is -2.32. The van der Waals surface area contributed by atoms with Crippen molar-refractivity contribution >= 4 is 17.3 Å². The topological polar surface area (TPSA) is 92.0 Å². The molecular formula is C10H11N3O2S. The summed E-state index contributed by atoms with van der Waals surface area (Å²) in [4.78, 5) is 17.9. The molecule has 0 saturated carbocycles. The van der Waals surface area contributed by atoms with Crippen LogP contribution in [0.3, 0.4) is 0 Å². The van der Waals surface area contributed by atoms with Crippen LogP contribution in [0.25, 0.3) is 10.7 Å². The van der Waals surface area contributed by atoms with Crippen LogP contribution in [0.5, 0.6) is 0 Å². The average Bonchev–Trinajstić information content (AvgIpc) is 2.85. The molecule has 6 heteroatoms. The number of nitrogens with zero attached hydrogens (tertiary/aromatic N) is 1. The highest BCUT2D eigenvalue weighted by Gasteiger charge is 2.14. The molecule has 0 aliphatic heterocycles. The molecule has 0 aliphatic rings. The molecule has 2 aromatic heterocycles. The zero-order valence-electron chi connectivity index (χ0n) is 8.38. The lowest BCUT2D eigenvalue weighted by molar-refractivity contribution is -0.138. The summed E-state index contributed by atoms with van der Waals surface area (Å²) in [5.41, 5.74) is 7.08. The number of aliphatic carboxylic acids is 1. The van der Waals surface area contributed by atoms with Crippen molar-refractivity contribution in [2.75, 3.05) is 0 Å². The number of hydrogen-bond acceptors (Lipinski definition) is 4. The predicted octanol–water partition coefficient (Wildman–Crippen LogP) is 1.09. The number of H-pyrrole nitrogens is 1. The van der Waals surface area contributed by atoms with Crippen LogP contribution in [0.2, 0.25) is 0 Å². The van der Waals surface area contributed by atoms with Gasteiger partial charge in [0.15, 0.2) is 0 Å². The number of nitrogens with two attached hydrogens (primary N) is 1. The molecule has 5 nitrogen and oxygen atoms in total. The number of aromatic amines is 1. The SMILES string of the molecule is NC(Cc1csc(-c2ccc[nH]2)n1)C(=O)O. The van der Waals surface area contributed by atoms with Crippen LogP contribution in [0.15, 0.2) is 23.7 Å². The summed E-state index contributed by atoms with van der Waals surface area (Å²) in [6.07, 6.45) is 2.08. The van der Waals surface area contributed by atoms with Gasteiger partial charge in [0.2, 0.25) is 0 Å². The second-order valence-electron chi connectivity index (χ2n) is 3.38. The van der Waals surface area contributed by atoms with E-state index >= 15 is 0 Å². The van der Waals surface area contributed by atoms with Gasteiger partial charge in [-0.2, -0.15) is 0 Å². The van der Waals surface area contributed by atoms with E-state index in [1.54, 1.807) is 0 Å². The smallest absolute Gasteiger partial charge is 0.320 e. The third kappa shape index (κ3) is 2.29. The van der Waals surface area contributed by atoms with Gasteiger partial charge in [-0.15, -0.1) is 11.3 Å². The van der Waals surface area contributed by atoms with E-state index in [2.05, 4.69) is 9.97 Å². The molecule has 84 valence electrons. The third-order valence-electron chi connectivity index (χ3n) is 2.13. The monoisotopic (exact) mass is 237 g/mol. The predicted molar refractivity (Wildman–Crippen MR) is 61.2 cm³/mol. The molecule has 2 aromatic rings. The van der Waals surface area contributed by atoms with Crippen molar-refractivity contribution in [3.8, 4) is 10.7 Å². The van der Waals surface area contributed by atoms with Gasteiger partial charge >= 0.3 is 5.97 Å². The highest BCUT2D eigenvalue weighted by atomic mass is 32.1. The normalized spacial score (nSPS) is 12.6. The Morgan fingerprint density at radius 2 is 2.50 bits per heavy atom. The van der Waals surface area contributed by atoms with E-state index in [1.807, 2.05) is 23.7 Å². The van der Waals surface area contributed by atoms with Gasteiger partial charge < -0.3 is 15.8 Å². The number of carboxylic acids is 1. The van der Waals surface area contributed by atoms with Crippen LogP contribution >= 0.6 is 11.3 Å². The first-order chi connectivity index (χ1) is 7.66. The molecule has 0 aliphatic carbocycles. The van der Waals surface area contributed by atoms with Gasteiger partial charge in [-0.1, -0.05) is 0 Å². The molecule has 16 heavy (non-hydrogen) atoms. The molecule has 4 N–H and O–H groups in total. The van der Waals surface area contributed by atoms with Crippen LogP contribution in [0, 0.1) is 0 Å². The van der Waals surface area contributed by atoms with E-state index in [0.717, 1.165) is 10.7 Å². The minimum atomic E-state index is -1.01. The molecule has 0 aromatic carbocycles. The lowest BCUT2D eigenvalue weighted by atomic mass is 10.2. The number of carbonyl (C=O) groups is 1. The molecule has 2 rings (SSSR count). The summed E-state index contributed by atoms with van der Waals surface area (Å²) in [7, 11) is 0. The van der Waals surface area contributed by atoms with Crippen molar-refractivity contribution in [3.05, 3.63) is 29.4 Å². The Morgan fingerprint density at radius 1 is 1.69 bits per heavy atom. The van der Waals surface area contributed by atoms with Gasteiger partial charge in [0.25, 0.3) is 0 Å². The van der Waals surface area contributed by atoms with E-state index in [-0.39, 0.29) is 6.42 Å². The lowest BCUT2D eigenvalue weighted by Gasteiger charge is -2.02. The summed E-state index contributed by atoms with van der Waals surface area (Å²) in [6, 6.07) is 2.91. The maximum absolute atomic E-state index is 10.6. The van der Waals surface area contributed by atoms with Crippen LogP contribution in [0.4, 0.5) is 0 Å². The molecule has 0 fully saturated rings. The van der Waals surface area contributed by atoms with Crippen LogP contribution in [0.1, 0.15) is 5.69 Å². The molecule has 1 atom stereocenters. The van der Waals surface area contributed by atoms with Crippen molar-refractivity contribution in [1.82, 2.24) is 9.97 Å². The molecule has 0 amide bonds. The fourth-order valence-electron chi connectivity index (χ4n) is 1.30. The summed E-state index contributed by atoms with van der Waals surface area (Å²) in [5.74, 6) is -1.01. The molecule has 0 spiro atoms. The van der Waals surface area contributed by atoms with Crippen molar-refractivity contribution in [2.45, 2.75) is 12.5 Å².